The molecule has 0 radical (unpaired) electrons. The molecule has 0 atom stereocenters. The van der Waals surface area contributed by atoms with Crippen LogP contribution in [0.2, 0.25) is 0 Å². The highest BCUT2D eigenvalue weighted by atomic mass is 19.1. The van der Waals surface area contributed by atoms with E-state index < -0.39 is 22.4 Å². The van der Waals surface area contributed by atoms with Gasteiger partial charge in [0.05, 0.1) is 25.2 Å². The van der Waals surface area contributed by atoms with Gasteiger partial charge in [-0.1, -0.05) is 24.3 Å². The summed E-state index contributed by atoms with van der Waals surface area (Å²) in [6, 6.07) is 12.7. The van der Waals surface area contributed by atoms with Crippen molar-refractivity contribution in [3.05, 3.63) is 70.0 Å². The first-order chi connectivity index (χ1) is 15.0. The van der Waals surface area contributed by atoms with Crippen LogP contribution < -0.4 is 10.2 Å². The molecule has 1 aliphatic heterocycles. The molecule has 0 aromatic heterocycles. The van der Waals surface area contributed by atoms with Crippen LogP contribution in [0.3, 0.4) is 0 Å². The Balaban J connectivity index is 1.88. The highest BCUT2D eigenvalue weighted by Crippen LogP contribution is 2.38. The van der Waals surface area contributed by atoms with Gasteiger partial charge in [0.1, 0.15) is 17.1 Å². The smallest absolute Gasteiger partial charge is 0.345 e. The number of ether oxygens (including phenoxy) is 2. The van der Waals surface area contributed by atoms with Crippen LogP contribution in [0, 0.1) is 15.9 Å². The van der Waals surface area contributed by atoms with Gasteiger partial charge in [-0.05, 0) is 24.3 Å². The van der Waals surface area contributed by atoms with Crippen LogP contribution in [0.25, 0.3) is 10.8 Å². The summed E-state index contributed by atoms with van der Waals surface area (Å²) in [5.74, 6) is -1.21. The quantitative estimate of drug-likeness (QED) is 0.371. The minimum atomic E-state index is -0.811. The highest BCUT2D eigenvalue weighted by Gasteiger charge is 2.29. The van der Waals surface area contributed by atoms with Gasteiger partial charge in [0, 0.05) is 35.2 Å². The fourth-order valence-corrected chi connectivity index (χ4v) is 3.71. The van der Waals surface area contributed by atoms with Crippen LogP contribution in [-0.2, 0) is 9.47 Å². The van der Waals surface area contributed by atoms with Crippen molar-refractivity contribution >= 4 is 39.5 Å². The molecule has 1 heterocycles. The standard InChI is InChI=1S/C22H20FN3O5/c1-30-22(27)17-12-14(25-8-10-31-11-9-25)13-20(21(17)26(28)29)24-19-7-3-4-15-16(19)5-2-6-18(15)23/h2-7,12-13,24H,8-11H2,1H3. The van der Waals surface area contributed by atoms with Gasteiger partial charge < -0.3 is 19.7 Å². The Bertz CT molecular complexity index is 1160. The SMILES string of the molecule is COC(=O)c1cc(N2CCOCC2)cc(Nc2cccc3c(F)cccc23)c1[N+](=O)[O-]. The third-order valence-corrected chi connectivity index (χ3v) is 5.20. The second-order valence-corrected chi connectivity index (χ2v) is 7.00. The fourth-order valence-electron chi connectivity index (χ4n) is 3.71. The molecule has 160 valence electrons. The lowest BCUT2D eigenvalue weighted by atomic mass is 10.1. The lowest BCUT2D eigenvalue weighted by Crippen LogP contribution is -2.36. The van der Waals surface area contributed by atoms with Gasteiger partial charge in [0.2, 0.25) is 0 Å². The first kappa shape index (κ1) is 20.5. The van der Waals surface area contributed by atoms with Gasteiger partial charge in [0.25, 0.3) is 0 Å². The zero-order valence-electron chi connectivity index (χ0n) is 16.8. The number of hydrogen-bond acceptors (Lipinski definition) is 7. The number of hydrogen-bond donors (Lipinski definition) is 1. The average Bonchev–Trinajstić information content (AvgIpc) is 2.79. The molecular formula is C22H20FN3O5. The Morgan fingerprint density at radius 1 is 1.13 bits per heavy atom. The van der Waals surface area contributed by atoms with Gasteiger partial charge in [-0.3, -0.25) is 10.1 Å². The van der Waals surface area contributed by atoms with Crippen molar-refractivity contribution in [2.45, 2.75) is 0 Å². The Morgan fingerprint density at radius 3 is 2.55 bits per heavy atom. The largest absolute Gasteiger partial charge is 0.465 e. The second-order valence-electron chi connectivity index (χ2n) is 7.00. The van der Waals surface area contributed by atoms with Crippen molar-refractivity contribution in [1.82, 2.24) is 0 Å². The summed E-state index contributed by atoms with van der Waals surface area (Å²) in [4.78, 5) is 25.7. The maximum atomic E-state index is 14.2. The molecule has 31 heavy (non-hydrogen) atoms. The highest BCUT2D eigenvalue weighted by molar-refractivity contribution is 6.01. The van der Waals surface area contributed by atoms with Crippen LogP contribution in [0.15, 0.2) is 48.5 Å². The molecule has 0 spiro atoms. The maximum absolute atomic E-state index is 14.2. The van der Waals surface area contributed by atoms with E-state index in [1.54, 1.807) is 36.4 Å². The summed E-state index contributed by atoms with van der Waals surface area (Å²) in [5.41, 5.74) is 0.659. The number of nitro groups is 1. The summed E-state index contributed by atoms with van der Waals surface area (Å²) >= 11 is 0. The van der Waals surface area contributed by atoms with E-state index >= 15 is 0 Å². The molecule has 9 heteroatoms. The molecule has 0 unspecified atom stereocenters. The minimum absolute atomic E-state index is 0.117. The third kappa shape index (κ3) is 3.99. The molecule has 1 fully saturated rings. The van der Waals surface area contributed by atoms with Gasteiger partial charge in [0.15, 0.2) is 0 Å². The number of halogens is 1. The number of benzene rings is 3. The van der Waals surface area contributed by atoms with Crippen molar-refractivity contribution < 1.29 is 23.6 Å². The Morgan fingerprint density at radius 2 is 1.84 bits per heavy atom. The van der Waals surface area contributed by atoms with Gasteiger partial charge in [-0.25, -0.2) is 9.18 Å². The molecule has 3 aromatic carbocycles. The number of nitrogens with zero attached hydrogens (tertiary/aromatic N) is 2. The number of fused-ring (bicyclic) bond motifs is 1. The van der Waals surface area contributed by atoms with E-state index in [2.05, 4.69) is 5.32 Å². The average molecular weight is 425 g/mol. The van der Waals surface area contributed by atoms with E-state index in [0.29, 0.717) is 48.5 Å². The van der Waals surface area contributed by atoms with E-state index in [1.807, 2.05) is 4.90 Å². The molecule has 1 aliphatic rings. The number of nitrogens with one attached hydrogen (secondary N) is 1. The van der Waals surface area contributed by atoms with Crippen molar-refractivity contribution in [3.8, 4) is 0 Å². The van der Waals surface area contributed by atoms with Crippen LogP contribution in [0.5, 0.6) is 0 Å². The predicted octanol–water partition coefficient (Wildman–Crippen LogP) is 4.25. The molecule has 0 saturated carbocycles. The van der Waals surface area contributed by atoms with E-state index in [4.69, 9.17) is 9.47 Å². The minimum Gasteiger partial charge on any atom is -0.465 e. The third-order valence-electron chi connectivity index (χ3n) is 5.20. The Kier molecular flexibility index (Phi) is 5.68. The number of carbonyl (C=O) groups is 1. The Labute approximate surface area is 177 Å². The summed E-state index contributed by atoms with van der Waals surface area (Å²) in [7, 11) is 1.17. The van der Waals surface area contributed by atoms with Gasteiger partial charge in [-0.2, -0.15) is 0 Å². The predicted molar refractivity (Wildman–Crippen MR) is 115 cm³/mol. The van der Waals surface area contributed by atoms with Crippen molar-refractivity contribution in [2.24, 2.45) is 0 Å². The van der Waals surface area contributed by atoms with Crippen molar-refractivity contribution in [2.75, 3.05) is 43.6 Å². The molecule has 4 rings (SSSR count). The molecule has 1 saturated heterocycles. The molecular weight excluding hydrogens is 405 g/mol. The summed E-state index contributed by atoms with van der Waals surface area (Å²) < 4.78 is 24.4. The molecule has 1 N–H and O–H groups in total. The normalized spacial score (nSPS) is 13.8. The van der Waals surface area contributed by atoms with Crippen LogP contribution >= 0.6 is 0 Å². The van der Waals surface area contributed by atoms with Crippen LogP contribution in [0.4, 0.5) is 27.1 Å². The lowest BCUT2D eigenvalue weighted by molar-refractivity contribution is -0.384. The number of anilines is 3. The number of nitro benzene ring substituents is 1. The van der Waals surface area contributed by atoms with E-state index in [1.165, 1.54) is 19.2 Å². The number of morpholine rings is 1. The monoisotopic (exact) mass is 425 g/mol. The molecule has 0 amide bonds. The van der Waals surface area contributed by atoms with Gasteiger partial charge >= 0.3 is 11.7 Å². The first-order valence-electron chi connectivity index (χ1n) is 9.67. The molecule has 3 aromatic rings. The van der Waals surface area contributed by atoms with Crippen LogP contribution in [-0.4, -0.2) is 44.3 Å². The van der Waals surface area contributed by atoms with Crippen molar-refractivity contribution in [1.29, 1.82) is 0 Å². The van der Waals surface area contributed by atoms with E-state index in [9.17, 15) is 19.3 Å². The molecule has 8 nitrogen and oxygen atoms in total. The van der Waals surface area contributed by atoms with Crippen LogP contribution in [0.1, 0.15) is 10.4 Å². The Hall–Kier alpha value is -3.72. The zero-order chi connectivity index (χ0) is 22.0. The summed E-state index contributed by atoms with van der Waals surface area (Å²) in [6.45, 7) is 2.18. The zero-order valence-corrected chi connectivity index (χ0v) is 16.8. The molecule has 0 aliphatic carbocycles. The van der Waals surface area contributed by atoms with Gasteiger partial charge in [-0.15, -0.1) is 0 Å². The summed E-state index contributed by atoms with van der Waals surface area (Å²) in [6.07, 6.45) is 0. The lowest BCUT2D eigenvalue weighted by Gasteiger charge is -2.29. The number of methoxy groups -OCH3 is 1. The van der Waals surface area contributed by atoms with E-state index in [-0.39, 0.29) is 11.3 Å². The number of rotatable bonds is 5. The fraction of sp³-hybridized carbons (Fsp3) is 0.227. The maximum Gasteiger partial charge on any atom is 0.345 e. The summed E-state index contributed by atoms with van der Waals surface area (Å²) in [5, 5.41) is 15.9. The number of esters is 1. The number of carbonyl (C=O) groups excluding carboxylic acids is 1. The van der Waals surface area contributed by atoms with Crippen molar-refractivity contribution in [3.63, 3.8) is 0 Å². The van der Waals surface area contributed by atoms with E-state index in [0.717, 1.165) is 0 Å². The first-order valence-corrected chi connectivity index (χ1v) is 9.67. The molecule has 0 bridgehead atoms. The second kappa shape index (κ2) is 8.57. The topological polar surface area (TPSA) is 93.9 Å².